The summed E-state index contributed by atoms with van der Waals surface area (Å²) in [7, 11) is 1.64. The molecule has 148 valence electrons. The van der Waals surface area contributed by atoms with Gasteiger partial charge in [-0.25, -0.2) is 0 Å². The van der Waals surface area contributed by atoms with E-state index in [2.05, 4.69) is 16.8 Å². The lowest BCUT2D eigenvalue weighted by Gasteiger charge is -2.32. The third-order valence-electron chi connectivity index (χ3n) is 5.21. The van der Waals surface area contributed by atoms with Crippen molar-refractivity contribution in [3.05, 3.63) is 52.8 Å². The Morgan fingerprint density at radius 2 is 2.14 bits per heavy atom. The van der Waals surface area contributed by atoms with Crippen LogP contribution in [0.5, 0.6) is 11.5 Å². The molecule has 1 aromatic heterocycles. The highest BCUT2D eigenvalue weighted by molar-refractivity contribution is 8.14. The van der Waals surface area contributed by atoms with Gasteiger partial charge < -0.3 is 14.4 Å². The van der Waals surface area contributed by atoms with Crippen LogP contribution in [0.25, 0.3) is 0 Å². The van der Waals surface area contributed by atoms with Gasteiger partial charge in [-0.1, -0.05) is 36.4 Å². The predicted octanol–water partition coefficient (Wildman–Crippen LogP) is 5.12. The Kier molecular flexibility index (Phi) is 5.69. The highest BCUT2D eigenvalue weighted by atomic mass is 35.5. The van der Waals surface area contributed by atoms with E-state index in [1.807, 2.05) is 55.2 Å². The lowest BCUT2D eigenvalue weighted by Crippen LogP contribution is -2.35. The molecule has 2 aromatic rings. The monoisotopic (exact) mass is 417 g/mol. The molecule has 0 unspecified atom stereocenters. The van der Waals surface area contributed by atoms with Crippen LogP contribution in [-0.4, -0.2) is 40.6 Å². The average molecular weight is 418 g/mol. The highest BCUT2D eigenvalue weighted by Crippen LogP contribution is 2.50. The van der Waals surface area contributed by atoms with E-state index in [0.29, 0.717) is 29.2 Å². The van der Waals surface area contributed by atoms with Crippen LogP contribution in [0.1, 0.15) is 43.6 Å². The first-order valence-corrected chi connectivity index (χ1v) is 10.9. The van der Waals surface area contributed by atoms with E-state index in [4.69, 9.17) is 26.1 Å². The third-order valence-corrected chi connectivity index (χ3v) is 6.62. The number of pyridine rings is 1. The molecular weight excluding hydrogens is 394 g/mol. The Balaban J connectivity index is 1.81. The molecule has 0 spiro atoms. The van der Waals surface area contributed by atoms with Gasteiger partial charge in [0.15, 0.2) is 16.7 Å². The van der Waals surface area contributed by atoms with Crippen LogP contribution in [-0.2, 0) is 0 Å². The Bertz CT molecular complexity index is 877. The zero-order chi connectivity index (χ0) is 19.7. The molecule has 0 N–H and O–H groups in total. The molecule has 0 aliphatic carbocycles. The number of aromatic nitrogens is 1. The fourth-order valence-electron chi connectivity index (χ4n) is 3.90. The number of aliphatic imine (C=N–C) groups is 1. The molecule has 4 rings (SSSR count). The maximum atomic E-state index is 6.60. The molecule has 1 saturated heterocycles. The van der Waals surface area contributed by atoms with Crippen molar-refractivity contribution in [3.8, 4) is 11.5 Å². The van der Waals surface area contributed by atoms with Crippen molar-refractivity contribution < 1.29 is 9.47 Å². The minimum absolute atomic E-state index is 0.0342. The molecule has 7 heteroatoms. The van der Waals surface area contributed by atoms with Crippen molar-refractivity contribution in [2.24, 2.45) is 4.99 Å². The van der Waals surface area contributed by atoms with Crippen molar-refractivity contribution in [2.75, 3.05) is 19.5 Å². The number of halogens is 1. The second kappa shape index (κ2) is 8.21. The number of methoxy groups -OCH3 is 1. The van der Waals surface area contributed by atoms with Gasteiger partial charge in [0.1, 0.15) is 6.04 Å². The fourth-order valence-corrected chi connectivity index (χ4v) is 5.52. The molecule has 5 nitrogen and oxygen atoms in total. The molecule has 1 aromatic carbocycles. The van der Waals surface area contributed by atoms with Crippen LogP contribution in [0.2, 0.25) is 5.02 Å². The van der Waals surface area contributed by atoms with Gasteiger partial charge in [-0.2, -0.15) is 0 Å². The molecule has 3 atom stereocenters. The SMILES string of the molecule is CCOc1c(Cl)cc([C@H]2[C@@H](c3ccccn3)N=C3SC[C@@H](CC)N32)cc1OC. The van der Waals surface area contributed by atoms with E-state index in [1.54, 1.807) is 7.11 Å². The Morgan fingerprint density at radius 1 is 1.29 bits per heavy atom. The summed E-state index contributed by atoms with van der Waals surface area (Å²) in [6.45, 7) is 4.69. The van der Waals surface area contributed by atoms with Gasteiger partial charge in [0.2, 0.25) is 0 Å². The predicted molar refractivity (Wildman–Crippen MR) is 115 cm³/mol. The highest BCUT2D eigenvalue weighted by Gasteiger charge is 2.45. The summed E-state index contributed by atoms with van der Waals surface area (Å²) >= 11 is 8.42. The Labute approximate surface area is 175 Å². The van der Waals surface area contributed by atoms with Crippen molar-refractivity contribution in [3.63, 3.8) is 0 Å². The van der Waals surface area contributed by atoms with Crippen molar-refractivity contribution >= 4 is 28.5 Å². The number of thioether (sulfide) groups is 1. The number of hydrogen-bond donors (Lipinski definition) is 0. The van der Waals surface area contributed by atoms with E-state index in [1.165, 1.54) is 0 Å². The van der Waals surface area contributed by atoms with Crippen LogP contribution < -0.4 is 9.47 Å². The summed E-state index contributed by atoms with van der Waals surface area (Å²) in [5.41, 5.74) is 2.04. The molecule has 0 amide bonds. The average Bonchev–Trinajstić information content (AvgIpc) is 3.29. The molecule has 28 heavy (non-hydrogen) atoms. The van der Waals surface area contributed by atoms with E-state index in [0.717, 1.165) is 28.6 Å². The van der Waals surface area contributed by atoms with E-state index >= 15 is 0 Å². The van der Waals surface area contributed by atoms with Gasteiger partial charge in [-0.15, -0.1) is 0 Å². The first kappa shape index (κ1) is 19.4. The minimum atomic E-state index is -0.0724. The standard InChI is InChI=1S/C21H24ClN3O2S/c1-4-14-12-28-21-24-18(16-8-6-7-9-23-16)19(25(14)21)13-10-15(22)20(27-5-2)17(11-13)26-3/h6-11,14,18-19H,4-5,12H2,1-3H3/t14-,18-,19+/m1/s1. The Morgan fingerprint density at radius 3 is 2.82 bits per heavy atom. The lowest BCUT2D eigenvalue weighted by atomic mass is 9.95. The Hall–Kier alpha value is -1.92. The van der Waals surface area contributed by atoms with Gasteiger partial charge in [-0.05, 0) is 43.2 Å². The van der Waals surface area contributed by atoms with Gasteiger partial charge >= 0.3 is 0 Å². The summed E-state index contributed by atoms with van der Waals surface area (Å²) in [4.78, 5) is 12.1. The fraction of sp³-hybridized carbons (Fsp3) is 0.429. The van der Waals surface area contributed by atoms with Crippen LogP contribution in [0.3, 0.4) is 0 Å². The molecule has 2 aliphatic rings. The molecule has 3 heterocycles. The number of hydrogen-bond acceptors (Lipinski definition) is 6. The van der Waals surface area contributed by atoms with Crippen LogP contribution in [0.15, 0.2) is 41.5 Å². The summed E-state index contributed by atoms with van der Waals surface area (Å²) in [6, 6.07) is 10.4. The zero-order valence-corrected chi connectivity index (χ0v) is 17.8. The number of rotatable bonds is 6. The normalized spacial score (nSPS) is 23.5. The summed E-state index contributed by atoms with van der Waals surface area (Å²) in [5.74, 6) is 2.30. The topological polar surface area (TPSA) is 47.0 Å². The minimum Gasteiger partial charge on any atom is -0.493 e. The molecule has 2 aliphatic heterocycles. The number of amidine groups is 1. The van der Waals surface area contributed by atoms with E-state index in [9.17, 15) is 0 Å². The third kappa shape index (κ3) is 3.33. The largest absolute Gasteiger partial charge is 0.493 e. The smallest absolute Gasteiger partial charge is 0.179 e. The molecule has 0 saturated carbocycles. The van der Waals surface area contributed by atoms with Crippen molar-refractivity contribution in [2.45, 2.75) is 38.4 Å². The second-order valence-electron chi connectivity index (χ2n) is 6.80. The van der Waals surface area contributed by atoms with Crippen LogP contribution in [0.4, 0.5) is 0 Å². The summed E-state index contributed by atoms with van der Waals surface area (Å²) in [6.07, 6.45) is 2.89. The van der Waals surface area contributed by atoms with Crippen molar-refractivity contribution in [1.82, 2.24) is 9.88 Å². The second-order valence-corrected chi connectivity index (χ2v) is 8.20. The summed E-state index contributed by atoms with van der Waals surface area (Å²) in [5, 5.41) is 1.65. The number of benzene rings is 1. The lowest BCUT2D eigenvalue weighted by molar-refractivity contribution is 0.254. The van der Waals surface area contributed by atoms with Gasteiger partial charge in [0.25, 0.3) is 0 Å². The van der Waals surface area contributed by atoms with Gasteiger partial charge in [0, 0.05) is 18.0 Å². The van der Waals surface area contributed by atoms with Gasteiger partial charge in [-0.3, -0.25) is 9.98 Å². The summed E-state index contributed by atoms with van der Waals surface area (Å²) < 4.78 is 11.3. The van der Waals surface area contributed by atoms with Gasteiger partial charge in [0.05, 0.1) is 30.5 Å². The molecule has 0 radical (unpaired) electrons. The van der Waals surface area contributed by atoms with Crippen LogP contribution >= 0.6 is 23.4 Å². The maximum absolute atomic E-state index is 6.60. The van der Waals surface area contributed by atoms with Crippen LogP contribution in [0, 0.1) is 0 Å². The number of nitrogens with zero attached hydrogens (tertiary/aromatic N) is 3. The van der Waals surface area contributed by atoms with E-state index in [-0.39, 0.29) is 12.1 Å². The zero-order valence-electron chi connectivity index (χ0n) is 16.3. The first-order valence-electron chi connectivity index (χ1n) is 9.58. The first-order chi connectivity index (χ1) is 13.7. The molecular formula is C21H24ClN3O2S. The number of ether oxygens (including phenoxy) is 2. The number of fused-ring (bicyclic) bond motifs is 1. The maximum Gasteiger partial charge on any atom is 0.179 e. The quantitative estimate of drug-likeness (QED) is 0.652. The molecule has 1 fully saturated rings. The molecule has 0 bridgehead atoms. The van der Waals surface area contributed by atoms with Crippen molar-refractivity contribution in [1.29, 1.82) is 0 Å². The van der Waals surface area contributed by atoms with E-state index < -0.39 is 0 Å².